The van der Waals surface area contributed by atoms with Crippen LogP contribution in [0.15, 0.2) is 12.3 Å². The van der Waals surface area contributed by atoms with Gasteiger partial charge in [0, 0.05) is 0 Å². The lowest BCUT2D eigenvalue weighted by Gasteiger charge is -2.43. The lowest BCUT2D eigenvalue weighted by Crippen LogP contribution is -2.62. The SMILES string of the molecule is C=C(C#N)OC[C@H]1O[C@H](O[C@]2(CO)O[C@H](CO)[C@@H](O)[C@@H]2O)[C@H](O)[C@@H](O)[C@@H]1O. The largest absolute Gasteiger partial charge is 0.481 e. The van der Waals surface area contributed by atoms with Crippen LogP contribution in [-0.2, 0) is 18.9 Å². The van der Waals surface area contributed by atoms with Crippen molar-refractivity contribution in [3.8, 4) is 6.07 Å². The predicted octanol–water partition coefficient (Wildman–Crippen LogP) is -4.33. The highest BCUT2D eigenvalue weighted by Crippen LogP contribution is 2.36. The average molecular weight is 393 g/mol. The minimum absolute atomic E-state index is 0.279. The second-order valence-corrected chi connectivity index (χ2v) is 6.22. The first-order chi connectivity index (χ1) is 12.7. The van der Waals surface area contributed by atoms with Crippen molar-refractivity contribution >= 4 is 0 Å². The molecular formula is C15H23NO11. The normalized spacial score (nSPS) is 44.7. The number of aliphatic hydroxyl groups is 7. The fourth-order valence-electron chi connectivity index (χ4n) is 2.83. The summed E-state index contributed by atoms with van der Waals surface area (Å²) in [7, 11) is 0. The van der Waals surface area contributed by atoms with Gasteiger partial charge in [-0.15, -0.1) is 0 Å². The zero-order chi connectivity index (χ0) is 20.4. The van der Waals surface area contributed by atoms with Gasteiger partial charge in [0.15, 0.2) is 12.0 Å². The van der Waals surface area contributed by atoms with Crippen molar-refractivity contribution in [1.29, 1.82) is 5.26 Å². The smallest absolute Gasteiger partial charge is 0.224 e. The van der Waals surface area contributed by atoms with E-state index in [1.54, 1.807) is 6.07 Å². The first kappa shape index (κ1) is 21.9. The van der Waals surface area contributed by atoms with Gasteiger partial charge in [-0.3, -0.25) is 0 Å². The highest BCUT2D eigenvalue weighted by atomic mass is 16.8. The van der Waals surface area contributed by atoms with E-state index >= 15 is 0 Å². The summed E-state index contributed by atoms with van der Waals surface area (Å²) in [6, 6.07) is 1.61. The molecule has 2 aliphatic rings. The summed E-state index contributed by atoms with van der Waals surface area (Å²) in [5.74, 6) is -2.54. The number of nitriles is 1. The van der Waals surface area contributed by atoms with Crippen molar-refractivity contribution in [2.75, 3.05) is 19.8 Å². The Kier molecular flexibility index (Phi) is 7.11. The maximum atomic E-state index is 10.1. The molecule has 0 bridgehead atoms. The highest BCUT2D eigenvalue weighted by molar-refractivity contribution is 5.07. The highest BCUT2D eigenvalue weighted by Gasteiger charge is 2.58. The molecule has 0 aromatic carbocycles. The predicted molar refractivity (Wildman–Crippen MR) is 82.3 cm³/mol. The minimum Gasteiger partial charge on any atom is -0.481 e. The first-order valence-corrected chi connectivity index (χ1v) is 8.05. The van der Waals surface area contributed by atoms with E-state index in [1.807, 2.05) is 0 Å². The standard InChI is InChI=1S/C15H23NO11/c1-6(2-16)24-4-8-9(19)11(21)12(22)14(25-8)27-15(5-18)13(23)10(20)7(3-17)26-15/h7-14,17-23H,1,3-5H2/t7-,8-,9-,10-,11+,12-,13+,14-,15+/m1/s1. The Morgan fingerprint density at radius 2 is 1.70 bits per heavy atom. The van der Waals surface area contributed by atoms with Crippen LogP contribution in [0, 0.1) is 11.3 Å². The number of hydrogen-bond donors (Lipinski definition) is 7. The Labute approximate surface area is 154 Å². The molecule has 12 heteroatoms. The lowest BCUT2D eigenvalue weighted by atomic mass is 9.99. The van der Waals surface area contributed by atoms with E-state index in [0.29, 0.717) is 0 Å². The monoisotopic (exact) mass is 393 g/mol. The molecule has 0 amide bonds. The first-order valence-electron chi connectivity index (χ1n) is 8.05. The minimum atomic E-state index is -2.26. The number of rotatable bonds is 7. The van der Waals surface area contributed by atoms with Crippen molar-refractivity contribution < 1.29 is 54.7 Å². The van der Waals surface area contributed by atoms with Crippen LogP contribution in [-0.4, -0.2) is 110 Å². The van der Waals surface area contributed by atoms with Gasteiger partial charge in [0.25, 0.3) is 0 Å². The van der Waals surface area contributed by atoms with E-state index in [9.17, 15) is 30.6 Å². The van der Waals surface area contributed by atoms with Crippen LogP contribution in [0.1, 0.15) is 0 Å². The van der Waals surface area contributed by atoms with E-state index in [0.717, 1.165) is 0 Å². The van der Waals surface area contributed by atoms with Crippen molar-refractivity contribution in [3.63, 3.8) is 0 Å². The molecule has 0 aromatic heterocycles. The van der Waals surface area contributed by atoms with Gasteiger partial charge in [0.2, 0.25) is 5.79 Å². The third kappa shape index (κ3) is 4.23. The summed E-state index contributed by atoms with van der Waals surface area (Å²) in [5, 5.41) is 77.5. The molecule has 2 rings (SSSR count). The summed E-state index contributed by atoms with van der Waals surface area (Å²) in [6.07, 6.45) is -12.9. The number of nitrogens with zero attached hydrogens (tertiary/aromatic N) is 1. The average Bonchev–Trinajstić information content (AvgIpc) is 2.92. The molecule has 2 fully saturated rings. The van der Waals surface area contributed by atoms with Gasteiger partial charge < -0.3 is 54.7 Å². The third-order valence-corrected chi connectivity index (χ3v) is 4.44. The Morgan fingerprint density at radius 1 is 1.04 bits per heavy atom. The van der Waals surface area contributed by atoms with Crippen molar-refractivity contribution in [2.45, 2.75) is 54.8 Å². The van der Waals surface area contributed by atoms with E-state index in [4.69, 9.17) is 29.3 Å². The third-order valence-electron chi connectivity index (χ3n) is 4.44. The summed E-state index contributed by atoms with van der Waals surface area (Å²) < 4.78 is 20.8. The molecule has 0 radical (unpaired) electrons. The molecule has 0 saturated carbocycles. The van der Waals surface area contributed by atoms with Crippen LogP contribution in [0.4, 0.5) is 0 Å². The Morgan fingerprint density at radius 3 is 2.22 bits per heavy atom. The quantitative estimate of drug-likeness (QED) is 0.162. The van der Waals surface area contributed by atoms with E-state index in [1.165, 1.54) is 0 Å². The molecule has 0 aromatic rings. The van der Waals surface area contributed by atoms with Crippen LogP contribution in [0.3, 0.4) is 0 Å². The summed E-state index contributed by atoms with van der Waals surface area (Å²) in [5.41, 5.74) is 0. The van der Waals surface area contributed by atoms with Gasteiger partial charge in [-0.05, 0) is 6.58 Å². The fourth-order valence-corrected chi connectivity index (χ4v) is 2.83. The van der Waals surface area contributed by atoms with E-state index in [2.05, 4.69) is 6.58 Å². The maximum Gasteiger partial charge on any atom is 0.224 e. The zero-order valence-corrected chi connectivity index (χ0v) is 14.2. The van der Waals surface area contributed by atoms with Gasteiger partial charge in [0.05, 0.1) is 6.61 Å². The van der Waals surface area contributed by atoms with Gasteiger partial charge in [-0.1, -0.05) is 0 Å². The van der Waals surface area contributed by atoms with Crippen LogP contribution in [0.2, 0.25) is 0 Å². The van der Waals surface area contributed by atoms with E-state index in [-0.39, 0.29) is 5.76 Å². The molecule has 2 saturated heterocycles. The molecule has 7 N–H and O–H groups in total. The molecule has 2 heterocycles. The topological polar surface area (TPSA) is 202 Å². The van der Waals surface area contributed by atoms with Crippen LogP contribution in [0.25, 0.3) is 0 Å². The van der Waals surface area contributed by atoms with Crippen LogP contribution < -0.4 is 0 Å². The molecular weight excluding hydrogens is 370 g/mol. The van der Waals surface area contributed by atoms with Crippen LogP contribution >= 0.6 is 0 Å². The molecule has 0 spiro atoms. The number of ether oxygens (including phenoxy) is 4. The number of allylic oxidation sites excluding steroid dienone is 1. The maximum absolute atomic E-state index is 10.1. The van der Waals surface area contributed by atoms with Gasteiger partial charge in [0.1, 0.15) is 62.0 Å². The van der Waals surface area contributed by atoms with Crippen LogP contribution in [0.5, 0.6) is 0 Å². The zero-order valence-electron chi connectivity index (χ0n) is 14.2. The molecule has 0 aliphatic carbocycles. The van der Waals surface area contributed by atoms with Crippen molar-refractivity contribution in [3.05, 3.63) is 12.3 Å². The molecule has 12 nitrogen and oxygen atoms in total. The van der Waals surface area contributed by atoms with Crippen molar-refractivity contribution in [2.24, 2.45) is 0 Å². The summed E-state index contributed by atoms with van der Waals surface area (Å²) >= 11 is 0. The summed E-state index contributed by atoms with van der Waals surface area (Å²) in [6.45, 7) is 1.18. The lowest BCUT2D eigenvalue weighted by molar-refractivity contribution is -0.383. The van der Waals surface area contributed by atoms with Gasteiger partial charge >= 0.3 is 0 Å². The molecule has 27 heavy (non-hydrogen) atoms. The van der Waals surface area contributed by atoms with E-state index < -0.39 is 74.6 Å². The second-order valence-electron chi connectivity index (χ2n) is 6.22. The Balaban J connectivity index is 2.15. The number of hydrogen-bond acceptors (Lipinski definition) is 12. The Hall–Kier alpha value is -1.37. The fraction of sp³-hybridized carbons (Fsp3) is 0.800. The molecule has 154 valence electrons. The van der Waals surface area contributed by atoms with Crippen molar-refractivity contribution in [1.82, 2.24) is 0 Å². The molecule has 2 aliphatic heterocycles. The Bertz CT molecular complexity index is 568. The van der Waals surface area contributed by atoms with Gasteiger partial charge in [-0.25, -0.2) is 0 Å². The van der Waals surface area contributed by atoms with Gasteiger partial charge in [-0.2, -0.15) is 5.26 Å². The summed E-state index contributed by atoms with van der Waals surface area (Å²) in [4.78, 5) is 0. The second kappa shape index (κ2) is 8.76. The molecule has 0 unspecified atom stereocenters. The molecule has 9 atom stereocenters. The number of aliphatic hydroxyl groups excluding tert-OH is 7.